The van der Waals surface area contributed by atoms with Gasteiger partial charge >= 0.3 is 0 Å². The Morgan fingerprint density at radius 2 is 1.97 bits per heavy atom. The first-order chi connectivity index (χ1) is 14.2. The predicted octanol–water partition coefficient (Wildman–Crippen LogP) is 1.27. The summed E-state index contributed by atoms with van der Waals surface area (Å²) in [6.45, 7) is 6.09. The van der Waals surface area contributed by atoms with E-state index < -0.39 is 0 Å². The SMILES string of the molecule is CCn1nccc1C(=O)N1CCCC(c2nnc3n2CCN(C(=O)C2CC2)C3)C1. The van der Waals surface area contributed by atoms with Crippen LogP contribution in [0.2, 0.25) is 0 Å². The van der Waals surface area contributed by atoms with Crippen LogP contribution in [0, 0.1) is 5.92 Å². The maximum Gasteiger partial charge on any atom is 0.272 e. The summed E-state index contributed by atoms with van der Waals surface area (Å²) in [5.74, 6) is 2.54. The molecule has 1 saturated heterocycles. The Bertz CT molecular complexity index is 929. The van der Waals surface area contributed by atoms with Gasteiger partial charge in [0.25, 0.3) is 5.91 Å². The molecule has 29 heavy (non-hydrogen) atoms. The molecule has 1 atom stereocenters. The zero-order chi connectivity index (χ0) is 20.0. The number of carbonyl (C=O) groups is 2. The molecule has 2 aromatic rings. The number of carbonyl (C=O) groups excluding carboxylic acids is 2. The summed E-state index contributed by atoms with van der Waals surface area (Å²) in [4.78, 5) is 29.2. The van der Waals surface area contributed by atoms with Gasteiger partial charge in [-0.25, -0.2) is 0 Å². The van der Waals surface area contributed by atoms with E-state index >= 15 is 0 Å². The number of hydrogen-bond acceptors (Lipinski definition) is 5. The second kappa shape index (κ2) is 7.27. The van der Waals surface area contributed by atoms with Gasteiger partial charge in [-0.05, 0) is 38.7 Å². The lowest BCUT2D eigenvalue weighted by atomic mass is 9.96. The van der Waals surface area contributed by atoms with E-state index in [1.54, 1.807) is 16.9 Å². The monoisotopic (exact) mass is 397 g/mol. The summed E-state index contributed by atoms with van der Waals surface area (Å²) >= 11 is 0. The minimum atomic E-state index is 0.0358. The molecule has 5 rings (SSSR count). The van der Waals surface area contributed by atoms with Crippen LogP contribution in [0.5, 0.6) is 0 Å². The third-order valence-electron chi connectivity index (χ3n) is 6.33. The third-order valence-corrected chi connectivity index (χ3v) is 6.33. The van der Waals surface area contributed by atoms with Crippen LogP contribution in [0.3, 0.4) is 0 Å². The number of amides is 2. The molecule has 2 amide bonds. The lowest BCUT2D eigenvalue weighted by Crippen LogP contribution is -2.42. The van der Waals surface area contributed by atoms with Crippen LogP contribution in [0.25, 0.3) is 0 Å². The number of likely N-dealkylation sites (tertiary alicyclic amines) is 1. The molecular formula is C20H27N7O2. The van der Waals surface area contributed by atoms with Gasteiger partial charge in [0.05, 0.1) is 6.54 Å². The Morgan fingerprint density at radius 1 is 1.10 bits per heavy atom. The normalized spacial score (nSPS) is 21.9. The summed E-state index contributed by atoms with van der Waals surface area (Å²) < 4.78 is 3.92. The maximum atomic E-state index is 13.0. The van der Waals surface area contributed by atoms with Crippen LogP contribution in [-0.2, 0) is 24.4 Å². The first-order valence-corrected chi connectivity index (χ1v) is 10.7. The molecule has 1 aliphatic carbocycles. The van der Waals surface area contributed by atoms with Crippen molar-refractivity contribution in [2.24, 2.45) is 5.92 Å². The number of aromatic nitrogens is 5. The molecule has 0 radical (unpaired) electrons. The van der Waals surface area contributed by atoms with E-state index in [0.717, 1.165) is 57.0 Å². The van der Waals surface area contributed by atoms with Crippen molar-refractivity contribution in [3.63, 3.8) is 0 Å². The summed E-state index contributed by atoms with van der Waals surface area (Å²) in [7, 11) is 0. The summed E-state index contributed by atoms with van der Waals surface area (Å²) in [5, 5.41) is 13.1. The second-order valence-electron chi connectivity index (χ2n) is 8.28. The fourth-order valence-electron chi connectivity index (χ4n) is 4.56. The van der Waals surface area contributed by atoms with E-state index in [1.165, 1.54) is 0 Å². The molecule has 2 aliphatic heterocycles. The molecule has 9 heteroatoms. The topological polar surface area (TPSA) is 89.2 Å². The third kappa shape index (κ3) is 3.32. The van der Waals surface area contributed by atoms with Crippen LogP contribution >= 0.6 is 0 Å². The van der Waals surface area contributed by atoms with Crippen molar-refractivity contribution in [3.8, 4) is 0 Å². The fraction of sp³-hybridized carbons (Fsp3) is 0.650. The van der Waals surface area contributed by atoms with E-state index in [4.69, 9.17) is 0 Å². The molecule has 3 aliphatic rings. The van der Waals surface area contributed by atoms with Crippen LogP contribution < -0.4 is 0 Å². The van der Waals surface area contributed by atoms with E-state index in [9.17, 15) is 9.59 Å². The van der Waals surface area contributed by atoms with Gasteiger partial charge in [-0.1, -0.05) is 0 Å². The number of aryl methyl sites for hydroxylation is 1. The fourth-order valence-corrected chi connectivity index (χ4v) is 4.56. The zero-order valence-electron chi connectivity index (χ0n) is 16.8. The number of piperidine rings is 1. The smallest absolute Gasteiger partial charge is 0.272 e. The molecule has 0 N–H and O–H groups in total. The van der Waals surface area contributed by atoms with Crippen molar-refractivity contribution >= 4 is 11.8 Å². The van der Waals surface area contributed by atoms with Gasteiger partial charge in [0.2, 0.25) is 5.91 Å². The van der Waals surface area contributed by atoms with Gasteiger partial charge in [-0.15, -0.1) is 10.2 Å². The number of rotatable bonds is 4. The van der Waals surface area contributed by atoms with E-state index in [0.29, 0.717) is 25.3 Å². The van der Waals surface area contributed by atoms with Crippen LogP contribution in [0.4, 0.5) is 0 Å². The Labute approximate surface area is 169 Å². The first-order valence-electron chi connectivity index (χ1n) is 10.7. The molecule has 1 saturated carbocycles. The minimum absolute atomic E-state index is 0.0358. The van der Waals surface area contributed by atoms with Crippen molar-refractivity contribution in [2.75, 3.05) is 19.6 Å². The average molecular weight is 397 g/mol. The Morgan fingerprint density at radius 3 is 2.76 bits per heavy atom. The minimum Gasteiger partial charge on any atom is -0.337 e. The number of hydrogen-bond donors (Lipinski definition) is 0. The van der Waals surface area contributed by atoms with Crippen molar-refractivity contribution < 1.29 is 9.59 Å². The lowest BCUT2D eigenvalue weighted by molar-refractivity contribution is -0.134. The number of nitrogens with zero attached hydrogens (tertiary/aromatic N) is 7. The van der Waals surface area contributed by atoms with E-state index in [-0.39, 0.29) is 23.7 Å². The summed E-state index contributed by atoms with van der Waals surface area (Å²) in [6.07, 6.45) is 5.68. The van der Waals surface area contributed by atoms with Crippen LogP contribution in [0.1, 0.15) is 60.7 Å². The van der Waals surface area contributed by atoms with Gasteiger partial charge < -0.3 is 14.4 Å². The molecule has 2 aromatic heterocycles. The molecule has 1 unspecified atom stereocenters. The first kappa shape index (κ1) is 18.3. The van der Waals surface area contributed by atoms with Crippen molar-refractivity contribution in [2.45, 2.75) is 58.2 Å². The standard InChI is InChI=1S/C20H27N7O2/c1-2-27-16(7-8-21-27)20(29)24-9-3-4-15(12-24)18-23-22-17-13-25(10-11-26(17)18)19(28)14-5-6-14/h7-8,14-15H,2-6,9-13H2,1H3. The zero-order valence-corrected chi connectivity index (χ0v) is 16.8. The molecule has 154 valence electrons. The maximum absolute atomic E-state index is 13.0. The van der Waals surface area contributed by atoms with Crippen molar-refractivity contribution in [3.05, 3.63) is 29.6 Å². The molecular weight excluding hydrogens is 370 g/mol. The molecule has 9 nitrogen and oxygen atoms in total. The summed E-state index contributed by atoms with van der Waals surface area (Å²) in [6, 6.07) is 1.79. The van der Waals surface area contributed by atoms with Gasteiger partial charge in [0, 0.05) is 50.8 Å². The lowest BCUT2D eigenvalue weighted by Gasteiger charge is -2.34. The van der Waals surface area contributed by atoms with Crippen molar-refractivity contribution in [1.29, 1.82) is 0 Å². The molecule has 4 heterocycles. The highest BCUT2D eigenvalue weighted by Gasteiger charge is 2.37. The highest BCUT2D eigenvalue weighted by atomic mass is 16.2. The van der Waals surface area contributed by atoms with E-state index in [1.807, 2.05) is 16.7 Å². The number of fused-ring (bicyclic) bond motifs is 1. The van der Waals surface area contributed by atoms with Crippen molar-refractivity contribution in [1.82, 2.24) is 34.3 Å². The molecule has 0 spiro atoms. The van der Waals surface area contributed by atoms with E-state index in [2.05, 4.69) is 19.9 Å². The molecule has 0 aromatic carbocycles. The highest BCUT2D eigenvalue weighted by molar-refractivity contribution is 5.92. The Balaban J connectivity index is 1.31. The highest BCUT2D eigenvalue weighted by Crippen LogP contribution is 2.33. The average Bonchev–Trinajstić information content (AvgIpc) is 3.34. The predicted molar refractivity (Wildman–Crippen MR) is 104 cm³/mol. The molecule has 0 bridgehead atoms. The van der Waals surface area contributed by atoms with Gasteiger partial charge in [0.1, 0.15) is 11.5 Å². The van der Waals surface area contributed by atoms with Gasteiger partial charge in [-0.3, -0.25) is 14.3 Å². The quantitative estimate of drug-likeness (QED) is 0.775. The summed E-state index contributed by atoms with van der Waals surface area (Å²) in [5.41, 5.74) is 0.644. The van der Waals surface area contributed by atoms with Crippen LogP contribution in [0.15, 0.2) is 12.3 Å². The largest absolute Gasteiger partial charge is 0.337 e. The Hall–Kier alpha value is -2.71. The van der Waals surface area contributed by atoms with Gasteiger partial charge in [0.15, 0.2) is 5.82 Å². The molecule has 2 fully saturated rings. The van der Waals surface area contributed by atoms with Gasteiger partial charge in [-0.2, -0.15) is 5.10 Å². The second-order valence-corrected chi connectivity index (χ2v) is 8.28. The Kier molecular flexibility index (Phi) is 4.60. The van der Waals surface area contributed by atoms with Crippen LogP contribution in [-0.4, -0.2) is 65.8 Å².